The molecule has 0 aliphatic heterocycles. The van der Waals surface area contributed by atoms with Gasteiger partial charge in [-0.25, -0.2) is 17.6 Å². The third-order valence-electron chi connectivity index (χ3n) is 4.27. The zero-order valence-electron chi connectivity index (χ0n) is 14.9. The van der Waals surface area contributed by atoms with Crippen LogP contribution in [0.3, 0.4) is 0 Å². The number of aromatic nitrogens is 2. The van der Waals surface area contributed by atoms with Crippen molar-refractivity contribution in [2.24, 2.45) is 0 Å². The van der Waals surface area contributed by atoms with E-state index in [0.717, 1.165) is 0 Å². The Balaban J connectivity index is 0.00000280. The van der Waals surface area contributed by atoms with Gasteiger partial charge in [0.25, 0.3) is 0 Å². The molecule has 1 aromatic heterocycles. The molecule has 0 fully saturated rings. The Morgan fingerprint density at radius 1 is 0.964 bits per heavy atom. The van der Waals surface area contributed by atoms with Gasteiger partial charge in [0.05, 0.1) is 5.69 Å². The van der Waals surface area contributed by atoms with Crippen LogP contribution in [0.2, 0.25) is 0 Å². The van der Waals surface area contributed by atoms with Crippen molar-refractivity contribution < 1.29 is 44.5 Å². The number of carbonyl (C=O) groups is 1. The van der Waals surface area contributed by atoms with Crippen LogP contribution in [-0.2, 0) is 17.1 Å². The monoisotopic (exact) mass is 433 g/mol. The predicted octanol–water partition coefficient (Wildman–Crippen LogP) is 4.29. The Hall–Kier alpha value is -2.64. The summed E-state index contributed by atoms with van der Waals surface area (Å²) < 4.78 is 55.4. The average molecular weight is 433 g/mol. The van der Waals surface area contributed by atoms with Crippen LogP contribution in [0, 0.1) is 44.0 Å². The molecule has 0 saturated carbocycles. The smallest absolute Gasteiger partial charge is 0.226 e. The van der Waals surface area contributed by atoms with E-state index in [9.17, 15) is 27.5 Å². The standard InChI is InChI=1S/C19H14F4N2O2.Mn/c1-8-5-4-6-9(2)13(8)18(26)14-10(3)24-25(19(14)27)17-15(22)11(20)7-12(21)16(17)23;/h4-7,27H,1-3H3;. The summed E-state index contributed by atoms with van der Waals surface area (Å²) in [6.45, 7) is 4.72. The molecule has 28 heavy (non-hydrogen) atoms. The van der Waals surface area contributed by atoms with Crippen LogP contribution in [0.25, 0.3) is 5.69 Å². The zero-order chi connectivity index (χ0) is 20.0. The summed E-state index contributed by atoms with van der Waals surface area (Å²) in [5.74, 6) is -8.32. The van der Waals surface area contributed by atoms with E-state index in [-0.39, 0.29) is 39.1 Å². The second-order valence-electron chi connectivity index (χ2n) is 6.11. The summed E-state index contributed by atoms with van der Waals surface area (Å²) >= 11 is 0. The normalized spacial score (nSPS) is 10.7. The molecule has 1 N–H and O–H groups in total. The Morgan fingerprint density at radius 2 is 1.46 bits per heavy atom. The van der Waals surface area contributed by atoms with Gasteiger partial charge in [0.1, 0.15) is 11.3 Å². The molecule has 0 amide bonds. The van der Waals surface area contributed by atoms with Gasteiger partial charge in [0.15, 0.2) is 23.3 Å². The number of halogens is 4. The second kappa shape index (κ2) is 7.77. The van der Waals surface area contributed by atoms with E-state index in [1.165, 1.54) is 6.92 Å². The van der Waals surface area contributed by atoms with Gasteiger partial charge >= 0.3 is 0 Å². The first kappa shape index (κ1) is 21.7. The van der Waals surface area contributed by atoms with E-state index in [2.05, 4.69) is 5.10 Å². The molecule has 0 aliphatic carbocycles. The van der Waals surface area contributed by atoms with Gasteiger partial charge in [-0.05, 0) is 31.9 Å². The van der Waals surface area contributed by atoms with Crippen LogP contribution in [0.15, 0.2) is 24.3 Å². The summed E-state index contributed by atoms with van der Waals surface area (Å²) in [5.41, 5.74) is -0.0589. The molecular weight excluding hydrogens is 419 g/mol. The van der Waals surface area contributed by atoms with Crippen LogP contribution in [0.4, 0.5) is 17.6 Å². The van der Waals surface area contributed by atoms with Gasteiger partial charge < -0.3 is 5.11 Å². The molecule has 0 spiro atoms. The van der Waals surface area contributed by atoms with Crippen LogP contribution < -0.4 is 0 Å². The predicted molar refractivity (Wildman–Crippen MR) is 89.1 cm³/mol. The fraction of sp³-hybridized carbons (Fsp3) is 0.158. The first-order valence-electron chi connectivity index (χ1n) is 7.88. The molecule has 3 rings (SSSR count). The van der Waals surface area contributed by atoms with E-state index < -0.39 is 40.6 Å². The number of nitrogens with zero attached hydrogens (tertiary/aromatic N) is 2. The SMILES string of the molecule is Cc1cccc(C)c1C(=O)c1c(C)nn(-c2c(F)c(F)cc(F)c2F)c1O.[Mn]. The molecular formula is C19H14F4MnN2O2. The number of benzene rings is 2. The van der Waals surface area contributed by atoms with Crippen LogP contribution in [0.5, 0.6) is 5.88 Å². The van der Waals surface area contributed by atoms with E-state index in [4.69, 9.17) is 0 Å². The van der Waals surface area contributed by atoms with E-state index >= 15 is 0 Å². The summed E-state index contributed by atoms with van der Waals surface area (Å²) in [5, 5.41) is 14.1. The molecule has 4 nitrogen and oxygen atoms in total. The first-order chi connectivity index (χ1) is 12.6. The van der Waals surface area contributed by atoms with Crippen molar-refractivity contribution in [2.75, 3.05) is 0 Å². The molecule has 1 heterocycles. The summed E-state index contributed by atoms with van der Waals surface area (Å²) in [7, 11) is 0. The molecule has 2 aromatic carbocycles. The Kier molecular flexibility index (Phi) is 6.01. The van der Waals surface area contributed by atoms with Crippen molar-refractivity contribution in [1.82, 2.24) is 9.78 Å². The zero-order valence-corrected chi connectivity index (χ0v) is 16.1. The molecule has 0 unspecified atom stereocenters. The topological polar surface area (TPSA) is 55.1 Å². The minimum absolute atomic E-state index is 0. The second-order valence-corrected chi connectivity index (χ2v) is 6.11. The Morgan fingerprint density at radius 3 is 1.96 bits per heavy atom. The molecule has 3 aromatic rings. The van der Waals surface area contributed by atoms with Crippen molar-refractivity contribution >= 4 is 5.78 Å². The average Bonchev–Trinajstić information content (AvgIpc) is 2.87. The molecule has 0 saturated heterocycles. The molecule has 1 radical (unpaired) electrons. The minimum Gasteiger partial charge on any atom is -0.493 e. The van der Waals surface area contributed by atoms with Gasteiger partial charge in [-0.2, -0.15) is 9.78 Å². The number of hydrogen-bond donors (Lipinski definition) is 1. The fourth-order valence-electron chi connectivity index (χ4n) is 2.98. The number of ketones is 1. The first-order valence-corrected chi connectivity index (χ1v) is 7.88. The largest absolute Gasteiger partial charge is 0.493 e. The summed E-state index contributed by atoms with van der Waals surface area (Å²) in [6, 6.07) is 5.18. The van der Waals surface area contributed by atoms with Crippen molar-refractivity contribution in [3.8, 4) is 11.6 Å². The third-order valence-corrected chi connectivity index (χ3v) is 4.27. The summed E-state index contributed by atoms with van der Waals surface area (Å²) in [6.07, 6.45) is 0. The fourth-order valence-corrected chi connectivity index (χ4v) is 2.98. The van der Waals surface area contributed by atoms with Crippen molar-refractivity contribution in [1.29, 1.82) is 0 Å². The van der Waals surface area contributed by atoms with Crippen molar-refractivity contribution in [3.63, 3.8) is 0 Å². The van der Waals surface area contributed by atoms with Crippen LogP contribution >= 0.6 is 0 Å². The molecule has 0 aliphatic rings. The number of aryl methyl sites for hydroxylation is 3. The Labute approximate surface area is 168 Å². The maximum absolute atomic E-state index is 14.1. The maximum Gasteiger partial charge on any atom is 0.226 e. The molecule has 9 heteroatoms. The quantitative estimate of drug-likeness (QED) is 0.290. The van der Waals surface area contributed by atoms with Gasteiger partial charge in [-0.3, -0.25) is 4.79 Å². The number of aromatic hydroxyl groups is 1. The van der Waals surface area contributed by atoms with E-state index in [1.54, 1.807) is 32.0 Å². The van der Waals surface area contributed by atoms with Gasteiger partial charge in [0, 0.05) is 28.7 Å². The number of carbonyl (C=O) groups excluding carboxylic acids is 1. The maximum atomic E-state index is 14.1. The van der Waals surface area contributed by atoms with Crippen molar-refractivity contribution in [3.05, 3.63) is 75.5 Å². The molecule has 0 bridgehead atoms. The third kappa shape index (κ3) is 3.31. The van der Waals surface area contributed by atoms with Crippen LogP contribution in [0.1, 0.15) is 32.7 Å². The van der Waals surface area contributed by atoms with Gasteiger partial charge in [-0.15, -0.1) is 0 Å². The minimum atomic E-state index is -1.74. The Bertz CT molecular complexity index is 1050. The number of hydrogen-bond acceptors (Lipinski definition) is 3. The van der Waals surface area contributed by atoms with E-state index in [0.29, 0.717) is 16.7 Å². The van der Waals surface area contributed by atoms with Gasteiger partial charge in [-0.1, -0.05) is 18.2 Å². The van der Waals surface area contributed by atoms with Crippen molar-refractivity contribution in [2.45, 2.75) is 20.8 Å². The van der Waals surface area contributed by atoms with E-state index in [1.807, 2.05) is 0 Å². The number of rotatable bonds is 3. The van der Waals surface area contributed by atoms with Crippen LogP contribution in [-0.4, -0.2) is 20.7 Å². The van der Waals surface area contributed by atoms with Gasteiger partial charge in [0.2, 0.25) is 11.7 Å². The summed E-state index contributed by atoms with van der Waals surface area (Å²) in [4.78, 5) is 12.9. The molecule has 147 valence electrons. The molecule has 0 atom stereocenters.